The smallest absolute Gasteiger partial charge is 0.251 e. The van der Waals surface area contributed by atoms with Gasteiger partial charge < -0.3 is 10.1 Å². The van der Waals surface area contributed by atoms with E-state index in [1.165, 1.54) is 6.42 Å². The minimum atomic E-state index is 0.0591. The summed E-state index contributed by atoms with van der Waals surface area (Å²) >= 11 is 0. The zero-order valence-corrected chi connectivity index (χ0v) is 10.7. The van der Waals surface area contributed by atoms with Crippen LogP contribution in [0.25, 0.3) is 0 Å². The molecule has 3 heteroatoms. The highest BCUT2D eigenvalue weighted by molar-refractivity contribution is 5.94. The number of hydrogen-bond donors (Lipinski definition) is 1. The fourth-order valence-corrected chi connectivity index (χ4v) is 2.93. The molecule has 2 aliphatic rings. The number of amides is 1. The number of rotatable bonds is 2. The SMILES string of the molecule is CC1CCC(NC(=O)c2ccc3c(c2)CCO3)C1. The van der Waals surface area contributed by atoms with Crippen LogP contribution in [0, 0.1) is 5.92 Å². The van der Waals surface area contributed by atoms with Crippen LogP contribution >= 0.6 is 0 Å². The normalized spacial score (nSPS) is 25.6. The van der Waals surface area contributed by atoms with Gasteiger partial charge in [-0.15, -0.1) is 0 Å². The van der Waals surface area contributed by atoms with Gasteiger partial charge in [0, 0.05) is 18.0 Å². The van der Waals surface area contributed by atoms with Gasteiger partial charge in [0.25, 0.3) is 5.91 Å². The highest BCUT2D eigenvalue weighted by atomic mass is 16.5. The fourth-order valence-electron chi connectivity index (χ4n) is 2.93. The van der Waals surface area contributed by atoms with Crippen LogP contribution < -0.4 is 10.1 Å². The molecule has 1 saturated carbocycles. The largest absolute Gasteiger partial charge is 0.493 e. The highest BCUT2D eigenvalue weighted by Crippen LogP contribution is 2.27. The molecule has 1 aliphatic carbocycles. The number of hydrogen-bond acceptors (Lipinski definition) is 2. The molecule has 1 aromatic carbocycles. The van der Waals surface area contributed by atoms with Gasteiger partial charge >= 0.3 is 0 Å². The van der Waals surface area contributed by atoms with Crippen LogP contribution in [0.5, 0.6) is 5.75 Å². The molecule has 96 valence electrons. The Labute approximate surface area is 108 Å². The average molecular weight is 245 g/mol. The molecule has 1 heterocycles. The van der Waals surface area contributed by atoms with E-state index in [4.69, 9.17) is 4.74 Å². The van der Waals surface area contributed by atoms with E-state index in [1.807, 2.05) is 18.2 Å². The molecular formula is C15H19NO2. The van der Waals surface area contributed by atoms with Crippen LogP contribution in [0.1, 0.15) is 42.1 Å². The average Bonchev–Trinajstić information content (AvgIpc) is 2.96. The summed E-state index contributed by atoms with van der Waals surface area (Å²) < 4.78 is 5.45. The van der Waals surface area contributed by atoms with Crippen molar-refractivity contribution in [2.75, 3.05) is 6.61 Å². The molecule has 1 fully saturated rings. The predicted octanol–water partition coefficient (Wildman–Crippen LogP) is 2.54. The molecule has 0 bridgehead atoms. The predicted molar refractivity (Wildman–Crippen MR) is 69.9 cm³/mol. The van der Waals surface area contributed by atoms with E-state index in [0.717, 1.165) is 48.7 Å². The molecule has 1 amide bonds. The van der Waals surface area contributed by atoms with Crippen molar-refractivity contribution >= 4 is 5.91 Å². The topological polar surface area (TPSA) is 38.3 Å². The fraction of sp³-hybridized carbons (Fsp3) is 0.533. The number of carbonyl (C=O) groups is 1. The maximum atomic E-state index is 12.2. The van der Waals surface area contributed by atoms with Crippen molar-refractivity contribution in [3.63, 3.8) is 0 Å². The van der Waals surface area contributed by atoms with Gasteiger partial charge in [0.2, 0.25) is 0 Å². The second-order valence-electron chi connectivity index (χ2n) is 5.51. The summed E-state index contributed by atoms with van der Waals surface area (Å²) in [6.07, 6.45) is 4.36. The summed E-state index contributed by atoms with van der Waals surface area (Å²) in [5.41, 5.74) is 1.92. The molecule has 0 radical (unpaired) electrons. The van der Waals surface area contributed by atoms with Crippen LogP contribution in [0.15, 0.2) is 18.2 Å². The minimum absolute atomic E-state index is 0.0591. The first-order chi connectivity index (χ1) is 8.72. The van der Waals surface area contributed by atoms with Crippen molar-refractivity contribution in [1.82, 2.24) is 5.32 Å². The second kappa shape index (κ2) is 4.63. The molecule has 18 heavy (non-hydrogen) atoms. The van der Waals surface area contributed by atoms with Crippen molar-refractivity contribution < 1.29 is 9.53 Å². The number of ether oxygens (including phenoxy) is 1. The maximum Gasteiger partial charge on any atom is 0.251 e. The molecule has 3 rings (SSSR count). The van der Waals surface area contributed by atoms with E-state index in [0.29, 0.717) is 6.04 Å². The number of benzene rings is 1. The van der Waals surface area contributed by atoms with Crippen molar-refractivity contribution in [1.29, 1.82) is 0 Å². The Bertz CT molecular complexity index is 470. The third kappa shape index (κ3) is 2.22. The van der Waals surface area contributed by atoms with Gasteiger partial charge in [0.15, 0.2) is 0 Å². The summed E-state index contributed by atoms with van der Waals surface area (Å²) in [6.45, 7) is 2.99. The Morgan fingerprint density at radius 2 is 2.28 bits per heavy atom. The monoisotopic (exact) mass is 245 g/mol. The minimum Gasteiger partial charge on any atom is -0.493 e. The third-order valence-electron chi connectivity index (χ3n) is 3.98. The zero-order valence-electron chi connectivity index (χ0n) is 10.7. The van der Waals surface area contributed by atoms with Crippen molar-refractivity contribution in [2.24, 2.45) is 5.92 Å². The molecule has 0 spiro atoms. The van der Waals surface area contributed by atoms with E-state index >= 15 is 0 Å². The van der Waals surface area contributed by atoms with Gasteiger partial charge in [-0.05, 0) is 48.9 Å². The number of nitrogens with one attached hydrogen (secondary N) is 1. The lowest BCUT2D eigenvalue weighted by atomic mass is 10.1. The lowest BCUT2D eigenvalue weighted by Gasteiger charge is -2.12. The summed E-state index contributed by atoms with van der Waals surface area (Å²) in [6, 6.07) is 6.10. The van der Waals surface area contributed by atoms with E-state index in [1.54, 1.807) is 0 Å². The third-order valence-corrected chi connectivity index (χ3v) is 3.98. The summed E-state index contributed by atoms with van der Waals surface area (Å²) in [7, 11) is 0. The van der Waals surface area contributed by atoms with E-state index in [9.17, 15) is 4.79 Å². The van der Waals surface area contributed by atoms with Gasteiger partial charge in [0.05, 0.1) is 6.61 Å². The molecule has 0 saturated heterocycles. The molecule has 1 N–H and O–H groups in total. The van der Waals surface area contributed by atoms with Crippen molar-refractivity contribution in [3.05, 3.63) is 29.3 Å². The lowest BCUT2D eigenvalue weighted by Crippen LogP contribution is -2.32. The Hall–Kier alpha value is -1.51. The molecule has 3 nitrogen and oxygen atoms in total. The van der Waals surface area contributed by atoms with Gasteiger partial charge in [-0.3, -0.25) is 4.79 Å². The zero-order chi connectivity index (χ0) is 12.5. The Balaban J connectivity index is 1.69. The molecule has 0 aromatic heterocycles. The van der Waals surface area contributed by atoms with Gasteiger partial charge in [-0.2, -0.15) is 0 Å². The standard InChI is InChI=1S/C15H19NO2/c1-10-2-4-13(8-10)16-15(17)12-3-5-14-11(9-12)6-7-18-14/h3,5,9-10,13H,2,4,6-8H2,1H3,(H,16,17). The molecule has 2 unspecified atom stereocenters. The molecule has 2 atom stereocenters. The Morgan fingerprint density at radius 1 is 1.39 bits per heavy atom. The lowest BCUT2D eigenvalue weighted by molar-refractivity contribution is 0.0937. The highest BCUT2D eigenvalue weighted by Gasteiger charge is 2.23. The summed E-state index contributed by atoms with van der Waals surface area (Å²) in [5.74, 6) is 1.73. The molecule has 1 aromatic rings. The number of fused-ring (bicyclic) bond motifs is 1. The molecular weight excluding hydrogens is 226 g/mol. The van der Waals surface area contributed by atoms with Crippen LogP contribution in [-0.2, 0) is 6.42 Å². The maximum absolute atomic E-state index is 12.2. The van der Waals surface area contributed by atoms with E-state index < -0.39 is 0 Å². The summed E-state index contributed by atoms with van der Waals surface area (Å²) in [5, 5.41) is 3.14. The Kier molecular flexibility index (Phi) is 2.98. The van der Waals surface area contributed by atoms with Crippen LogP contribution in [0.2, 0.25) is 0 Å². The van der Waals surface area contributed by atoms with Crippen LogP contribution in [0.4, 0.5) is 0 Å². The first-order valence-electron chi connectivity index (χ1n) is 6.79. The van der Waals surface area contributed by atoms with E-state index in [2.05, 4.69) is 12.2 Å². The van der Waals surface area contributed by atoms with Crippen molar-refractivity contribution in [2.45, 2.75) is 38.6 Å². The van der Waals surface area contributed by atoms with Crippen molar-refractivity contribution in [3.8, 4) is 5.75 Å². The second-order valence-corrected chi connectivity index (χ2v) is 5.51. The molecule has 1 aliphatic heterocycles. The van der Waals surface area contributed by atoms with Gasteiger partial charge in [-0.25, -0.2) is 0 Å². The number of carbonyl (C=O) groups excluding carboxylic acids is 1. The Morgan fingerprint density at radius 3 is 3.06 bits per heavy atom. The van der Waals surface area contributed by atoms with Crippen LogP contribution in [0.3, 0.4) is 0 Å². The van der Waals surface area contributed by atoms with Gasteiger partial charge in [0.1, 0.15) is 5.75 Å². The summed E-state index contributed by atoms with van der Waals surface area (Å²) in [4.78, 5) is 12.2. The quantitative estimate of drug-likeness (QED) is 0.869. The van der Waals surface area contributed by atoms with E-state index in [-0.39, 0.29) is 5.91 Å². The van der Waals surface area contributed by atoms with Gasteiger partial charge in [-0.1, -0.05) is 6.92 Å². The first-order valence-corrected chi connectivity index (χ1v) is 6.79. The first kappa shape index (κ1) is 11.6. The van der Waals surface area contributed by atoms with Crippen LogP contribution in [-0.4, -0.2) is 18.6 Å².